The van der Waals surface area contributed by atoms with E-state index in [-0.39, 0.29) is 23.6 Å². The van der Waals surface area contributed by atoms with Crippen LogP contribution in [0.1, 0.15) is 15.9 Å². The van der Waals surface area contributed by atoms with Crippen LogP contribution in [0.3, 0.4) is 0 Å². The Morgan fingerprint density at radius 2 is 2.09 bits per heavy atom. The van der Waals surface area contributed by atoms with Gasteiger partial charge in [-0.05, 0) is 19.1 Å². The fraction of sp³-hybridized carbons (Fsp3) is 0.533. The number of sulfonamides is 1. The smallest absolute Gasteiger partial charge is 0.253 e. The summed E-state index contributed by atoms with van der Waals surface area (Å²) in [5.74, 6) is -0.664. The van der Waals surface area contributed by atoms with Crippen LogP contribution in [0, 0.1) is 12.8 Å². The van der Waals surface area contributed by atoms with Crippen LogP contribution in [0.15, 0.2) is 18.2 Å². The Hall–Kier alpha value is -1.15. The number of hydrogen-bond donors (Lipinski definition) is 1. The van der Waals surface area contributed by atoms with Crippen LogP contribution < -0.4 is 5.32 Å². The van der Waals surface area contributed by atoms with Gasteiger partial charge in [0.05, 0.1) is 35.6 Å². The molecule has 1 aromatic rings. The van der Waals surface area contributed by atoms with E-state index in [2.05, 4.69) is 5.32 Å². The lowest BCUT2D eigenvalue weighted by Gasteiger charge is -2.21. The summed E-state index contributed by atoms with van der Waals surface area (Å²) >= 11 is 6.07. The zero-order valence-electron chi connectivity index (χ0n) is 13.4. The molecule has 1 N–H and O–H groups in total. The minimum absolute atomic E-state index is 0.0630. The van der Waals surface area contributed by atoms with Crippen molar-refractivity contribution < 1.29 is 17.9 Å². The molecule has 1 aliphatic rings. The third kappa shape index (κ3) is 4.44. The Morgan fingerprint density at radius 3 is 2.74 bits per heavy atom. The van der Waals surface area contributed by atoms with Crippen LogP contribution in [0.2, 0.25) is 5.02 Å². The summed E-state index contributed by atoms with van der Waals surface area (Å²) in [6, 6.07) is 4.85. The number of carbonyl (C=O) groups excluding carboxylic acids is 1. The first-order valence-electron chi connectivity index (χ1n) is 7.25. The van der Waals surface area contributed by atoms with E-state index >= 15 is 0 Å². The van der Waals surface area contributed by atoms with Crippen molar-refractivity contribution in [3.63, 3.8) is 0 Å². The van der Waals surface area contributed by atoms with E-state index in [1.807, 2.05) is 13.0 Å². The molecule has 0 bridgehead atoms. The van der Waals surface area contributed by atoms with Gasteiger partial charge in [-0.3, -0.25) is 4.79 Å². The quantitative estimate of drug-likeness (QED) is 0.858. The van der Waals surface area contributed by atoms with E-state index in [4.69, 9.17) is 16.3 Å². The fourth-order valence-electron chi connectivity index (χ4n) is 2.40. The fourth-order valence-corrected chi connectivity index (χ4v) is 3.77. The number of carbonyl (C=O) groups is 1. The van der Waals surface area contributed by atoms with Crippen molar-refractivity contribution in [3.8, 4) is 0 Å². The van der Waals surface area contributed by atoms with E-state index in [0.717, 1.165) is 5.56 Å². The number of ether oxygens (including phenoxy) is 1. The molecule has 2 atom stereocenters. The molecule has 1 heterocycles. The van der Waals surface area contributed by atoms with Crippen molar-refractivity contribution in [1.82, 2.24) is 9.62 Å². The van der Waals surface area contributed by atoms with Gasteiger partial charge >= 0.3 is 0 Å². The number of nitrogens with zero attached hydrogens (tertiary/aromatic N) is 1. The Bertz CT molecular complexity index is 691. The molecule has 1 amide bonds. The third-order valence-electron chi connectivity index (χ3n) is 3.86. The molecular formula is C15H21ClN2O4S. The molecule has 6 nitrogen and oxygen atoms in total. The lowest BCUT2D eigenvalue weighted by atomic mass is 10.1. The summed E-state index contributed by atoms with van der Waals surface area (Å²) in [6.45, 7) is 2.47. The van der Waals surface area contributed by atoms with Crippen molar-refractivity contribution in [2.75, 3.05) is 33.1 Å². The number of amides is 1. The van der Waals surface area contributed by atoms with Gasteiger partial charge < -0.3 is 10.1 Å². The molecule has 0 saturated carbocycles. The highest BCUT2D eigenvalue weighted by Crippen LogP contribution is 2.20. The number of aryl methyl sites for hydroxylation is 1. The Morgan fingerprint density at radius 1 is 1.39 bits per heavy atom. The van der Waals surface area contributed by atoms with Gasteiger partial charge in [0.1, 0.15) is 0 Å². The number of rotatable bonds is 5. The van der Waals surface area contributed by atoms with E-state index in [0.29, 0.717) is 23.8 Å². The summed E-state index contributed by atoms with van der Waals surface area (Å²) < 4.78 is 30.6. The van der Waals surface area contributed by atoms with E-state index in [9.17, 15) is 13.2 Å². The maximum absolute atomic E-state index is 12.4. The Balaban J connectivity index is 2.09. The maximum Gasteiger partial charge on any atom is 0.253 e. The van der Waals surface area contributed by atoms with Crippen molar-refractivity contribution >= 4 is 27.5 Å². The molecular weight excluding hydrogens is 340 g/mol. The lowest BCUT2D eigenvalue weighted by Crippen LogP contribution is -2.43. The number of nitrogens with one attached hydrogen (secondary N) is 1. The second-order valence-electron chi connectivity index (χ2n) is 5.92. The highest BCUT2D eigenvalue weighted by atomic mass is 35.5. The van der Waals surface area contributed by atoms with Crippen LogP contribution in [0.4, 0.5) is 0 Å². The molecule has 0 unspecified atom stereocenters. The van der Waals surface area contributed by atoms with Gasteiger partial charge in [0, 0.05) is 20.0 Å². The number of hydrogen-bond acceptors (Lipinski definition) is 4. The van der Waals surface area contributed by atoms with Crippen LogP contribution in [0.5, 0.6) is 0 Å². The van der Waals surface area contributed by atoms with Gasteiger partial charge in [-0.2, -0.15) is 0 Å². The van der Waals surface area contributed by atoms with Crippen molar-refractivity contribution in [3.05, 3.63) is 34.3 Å². The van der Waals surface area contributed by atoms with Crippen LogP contribution in [-0.4, -0.2) is 57.7 Å². The first kappa shape index (κ1) is 18.2. The summed E-state index contributed by atoms with van der Waals surface area (Å²) in [4.78, 5) is 12.4. The van der Waals surface area contributed by atoms with Crippen molar-refractivity contribution in [1.29, 1.82) is 0 Å². The minimum atomic E-state index is -3.35. The average molecular weight is 361 g/mol. The zero-order chi connectivity index (χ0) is 17.2. The Kier molecular flexibility index (Phi) is 5.67. The van der Waals surface area contributed by atoms with Crippen LogP contribution in [0.25, 0.3) is 0 Å². The standard InChI is InChI=1S/C15H21ClN2O4S/c1-10-4-5-13(16)12(6-10)15(19)17-14-8-22-7-11(14)9-23(20,21)18(2)3/h4-6,11,14H,7-9H2,1-3H3,(H,17,19)/t11-,14+/m0/s1. The second kappa shape index (κ2) is 7.17. The monoisotopic (exact) mass is 360 g/mol. The molecule has 1 aliphatic heterocycles. The maximum atomic E-state index is 12.4. The second-order valence-corrected chi connectivity index (χ2v) is 8.56. The zero-order valence-corrected chi connectivity index (χ0v) is 14.9. The minimum Gasteiger partial charge on any atom is -0.379 e. The molecule has 1 aromatic carbocycles. The third-order valence-corrected chi connectivity index (χ3v) is 6.15. The van der Waals surface area contributed by atoms with E-state index < -0.39 is 10.0 Å². The van der Waals surface area contributed by atoms with Gasteiger partial charge in [0.2, 0.25) is 10.0 Å². The molecule has 0 aliphatic carbocycles. The SMILES string of the molecule is Cc1ccc(Cl)c(C(=O)N[C@@H]2COC[C@H]2CS(=O)(=O)N(C)C)c1. The van der Waals surface area contributed by atoms with Crippen molar-refractivity contribution in [2.45, 2.75) is 13.0 Å². The summed E-state index contributed by atoms with van der Waals surface area (Å²) in [5, 5.41) is 3.21. The van der Waals surface area contributed by atoms with Crippen LogP contribution in [-0.2, 0) is 14.8 Å². The van der Waals surface area contributed by atoms with Gasteiger partial charge in [-0.15, -0.1) is 0 Å². The lowest BCUT2D eigenvalue weighted by molar-refractivity contribution is 0.0926. The van der Waals surface area contributed by atoms with Crippen molar-refractivity contribution in [2.24, 2.45) is 5.92 Å². The molecule has 1 saturated heterocycles. The molecule has 0 aromatic heterocycles. The van der Waals surface area contributed by atoms with E-state index in [1.165, 1.54) is 18.4 Å². The summed E-state index contributed by atoms with van der Waals surface area (Å²) in [6.07, 6.45) is 0. The summed E-state index contributed by atoms with van der Waals surface area (Å²) in [7, 11) is -0.371. The molecule has 8 heteroatoms. The normalized spacial score (nSPS) is 21.6. The van der Waals surface area contributed by atoms with Crippen LogP contribution >= 0.6 is 11.6 Å². The highest BCUT2D eigenvalue weighted by molar-refractivity contribution is 7.89. The predicted molar refractivity (Wildman–Crippen MR) is 89.2 cm³/mol. The predicted octanol–water partition coefficient (Wildman–Crippen LogP) is 1.28. The van der Waals surface area contributed by atoms with Gasteiger partial charge in [-0.1, -0.05) is 23.2 Å². The molecule has 2 rings (SSSR count). The first-order chi connectivity index (χ1) is 10.7. The van der Waals surface area contributed by atoms with Gasteiger partial charge in [0.25, 0.3) is 5.91 Å². The largest absolute Gasteiger partial charge is 0.379 e. The summed E-state index contributed by atoms with van der Waals surface area (Å²) in [5.41, 5.74) is 1.31. The molecule has 1 fully saturated rings. The average Bonchev–Trinajstić information content (AvgIpc) is 2.87. The first-order valence-corrected chi connectivity index (χ1v) is 9.24. The number of benzene rings is 1. The van der Waals surface area contributed by atoms with Gasteiger partial charge in [0.15, 0.2) is 0 Å². The number of halogens is 1. The Labute approximate surface area is 141 Å². The molecule has 128 valence electrons. The topological polar surface area (TPSA) is 75.7 Å². The van der Waals surface area contributed by atoms with Gasteiger partial charge in [-0.25, -0.2) is 12.7 Å². The highest BCUT2D eigenvalue weighted by Gasteiger charge is 2.34. The molecule has 23 heavy (non-hydrogen) atoms. The molecule has 0 spiro atoms. The van der Waals surface area contributed by atoms with E-state index in [1.54, 1.807) is 12.1 Å². The molecule has 0 radical (unpaired) electrons.